The van der Waals surface area contributed by atoms with E-state index in [1.165, 1.54) is 0 Å². The van der Waals surface area contributed by atoms with Gasteiger partial charge < -0.3 is 0 Å². The lowest BCUT2D eigenvalue weighted by molar-refractivity contribution is -0.401. The molecule has 0 radical (unpaired) electrons. The molecule has 0 aliphatic carbocycles. The average Bonchev–Trinajstić information content (AvgIpc) is 2.06. The molecule has 0 saturated carbocycles. The van der Waals surface area contributed by atoms with E-state index in [0.717, 1.165) is 0 Å². The number of hydrogen-bond donors (Lipinski definition) is 0. The highest BCUT2D eigenvalue weighted by Crippen LogP contribution is 1.99. The summed E-state index contributed by atoms with van der Waals surface area (Å²) in [6.07, 6.45) is -0.131. The standard InChI is InChI=1S/C8H7NO3/c10-8(9(11)12)6-7-4-2-1-3-5-7/h1-5H,6H2. The summed E-state index contributed by atoms with van der Waals surface area (Å²) in [4.78, 5) is 19.7. The van der Waals surface area contributed by atoms with Crippen LogP contribution in [0.5, 0.6) is 0 Å². The van der Waals surface area contributed by atoms with Gasteiger partial charge in [0.2, 0.25) is 0 Å². The molecular weight excluding hydrogens is 158 g/mol. The van der Waals surface area contributed by atoms with E-state index in [0.29, 0.717) is 5.56 Å². The highest BCUT2D eigenvalue weighted by Gasteiger charge is 2.14. The number of amides is 1. The molecule has 0 aliphatic heterocycles. The first kappa shape index (κ1) is 8.39. The minimum atomic E-state index is -0.971. The number of benzene rings is 1. The zero-order chi connectivity index (χ0) is 8.97. The summed E-state index contributed by atoms with van der Waals surface area (Å²) in [5, 5.41) is 9.96. The van der Waals surface area contributed by atoms with Crippen LogP contribution >= 0.6 is 0 Å². The number of nitro groups is 1. The number of carbonyl (C=O) groups excluding carboxylic acids is 1. The van der Waals surface area contributed by atoms with Gasteiger partial charge in [0.15, 0.2) is 0 Å². The van der Waals surface area contributed by atoms with Gasteiger partial charge in [-0.15, -0.1) is 0 Å². The number of hydrogen-bond acceptors (Lipinski definition) is 3. The molecule has 1 rings (SSSR count). The lowest BCUT2D eigenvalue weighted by Crippen LogP contribution is -2.13. The lowest BCUT2D eigenvalue weighted by atomic mass is 10.1. The monoisotopic (exact) mass is 165 g/mol. The first-order valence-corrected chi connectivity index (χ1v) is 3.41. The van der Waals surface area contributed by atoms with Gasteiger partial charge in [-0.2, -0.15) is 0 Å². The minimum Gasteiger partial charge on any atom is -0.256 e. The van der Waals surface area contributed by atoms with Crippen molar-refractivity contribution in [2.24, 2.45) is 0 Å². The topological polar surface area (TPSA) is 60.2 Å². The molecule has 0 spiro atoms. The van der Waals surface area contributed by atoms with Crippen molar-refractivity contribution < 1.29 is 9.72 Å². The van der Waals surface area contributed by atoms with Crippen LogP contribution in [0.15, 0.2) is 30.3 Å². The molecule has 4 heteroatoms. The van der Waals surface area contributed by atoms with Crippen LogP contribution in [0.4, 0.5) is 0 Å². The fourth-order valence-corrected chi connectivity index (χ4v) is 0.835. The predicted molar refractivity (Wildman–Crippen MR) is 42.1 cm³/mol. The van der Waals surface area contributed by atoms with Gasteiger partial charge in [-0.25, -0.2) is 4.79 Å². The van der Waals surface area contributed by atoms with Crippen molar-refractivity contribution >= 4 is 5.91 Å². The molecular formula is C8H7NO3. The summed E-state index contributed by atoms with van der Waals surface area (Å²) in [5.74, 6) is -0.971. The second kappa shape index (κ2) is 3.61. The average molecular weight is 165 g/mol. The molecule has 1 aromatic rings. The van der Waals surface area contributed by atoms with E-state index in [1.807, 2.05) is 0 Å². The van der Waals surface area contributed by atoms with Crippen LogP contribution in [0, 0.1) is 10.1 Å². The zero-order valence-corrected chi connectivity index (χ0v) is 6.27. The molecule has 0 aliphatic rings. The van der Waals surface area contributed by atoms with Crippen molar-refractivity contribution in [3.8, 4) is 0 Å². The van der Waals surface area contributed by atoms with Crippen LogP contribution in [-0.2, 0) is 11.2 Å². The Hall–Kier alpha value is -1.71. The molecule has 0 unspecified atom stereocenters. The molecule has 12 heavy (non-hydrogen) atoms. The van der Waals surface area contributed by atoms with Gasteiger partial charge in [-0.1, -0.05) is 30.3 Å². The summed E-state index contributed by atoms with van der Waals surface area (Å²) in [5.41, 5.74) is 0.666. The Morgan fingerprint density at radius 3 is 2.42 bits per heavy atom. The van der Waals surface area contributed by atoms with Crippen molar-refractivity contribution in [2.45, 2.75) is 6.42 Å². The summed E-state index contributed by atoms with van der Waals surface area (Å²) >= 11 is 0. The Balaban J connectivity index is 2.65. The fraction of sp³-hybridized carbons (Fsp3) is 0.125. The van der Waals surface area contributed by atoms with Crippen LogP contribution in [0.25, 0.3) is 0 Å². The zero-order valence-electron chi connectivity index (χ0n) is 6.27. The van der Waals surface area contributed by atoms with E-state index in [9.17, 15) is 14.9 Å². The van der Waals surface area contributed by atoms with Gasteiger partial charge in [-0.3, -0.25) is 10.1 Å². The lowest BCUT2D eigenvalue weighted by Gasteiger charge is -1.92. The van der Waals surface area contributed by atoms with Crippen LogP contribution in [0.3, 0.4) is 0 Å². The molecule has 0 fully saturated rings. The van der Waals surface area contributed by atoms with Crippen LogP contribution < -0.4 is 0 Å². The Morgan fingerprint density at radius 2 is 1.92 bits per heavy atom. The maximum Gasteiger partial charge on any atom is 0.448 e. The first-order valence-electron chi connectivity index (χ1n) is 3.41. The Kier molecular flexibility index (Phi) is 2.53. The second-order valence-corrected chi connectivity index (χ2v) is 2.31. The third-order valence-corrected chi connectivity index (χ3v) is 1.40. The largest absolute Gasteiger partial charge is 0.448 e. The molecule has 1 aromatic carbocycles. The van der Waals surface area contributed by atoms with Gasteiger partial charge in [0.05, 0.1) is 0 Å². The molecule has 0 aromatic heterocycles. The van der Waals surface area contributed by atoms with E-state index in [4.69, 9.17) is 0 Å². The van der Waals surface area contributed by atoms with Gasteiger partial charge in [0.25, 0.3) is 0 Å². The smallest absolute Gasteiger partial charge is 0.256 e. The Labute approximate surface area is 69.0 Å². The summed E-state index contributed by atoms with van der Waals surface area (Å²) in [6.45, 7) is 0. The van der Waals surface area contributed by atoms with E-state index < -0.39 is 10.8 Å². The van der Waals surface area contributed by atoms with Gasteiger partial charge >= 0.3 is 5.91 Å². The van der Waals surface area contributed by atoms with Gasteiger partial charge in [-0.05, 0) is 5.56 Å². The SMILES string of the molecule is O=C(Cc1ccccc1)[N+](=O)[O-]. The first-order chi connectivity index (χ1) is 5.70. The third-order valence-electron chi connectivity index (χ3n) is 1.40. The van der Waals surface area contributed by atoms with Gasteiger partial charge in [0, 0.05) is 0 Å². The van der Waals surface area contributed by atoms with Crippen molar-refractivity contribution in [2.75, 3.05) is 0 Å². The van der Waals surface area contributed by atoms with E-state index >= 15 is 0 Å². The maximum atomic E-state index is 10.6. The summed E-state index contributed by atoms with van der Waals surface area (Å²) < 4.78 is 0. The number of nitrogens with zero attached hydrogens (tertiary/aromatic N) is 1. The molecule has 4 nitrogen and oxygen atoms in total. The van der Waals surface area contributed by atoms with Crippen LogP contribution in [0.2, 0.25) is 0 Å². The maximum absolute atomic E-state index is 10.6. The molecule has 0 N–H and O–H groups in total. The number of rotatable bonds is 2. The van der Waals surface area contributed by atoms with E-state index in [1.54, 1.807) is 30.3 Å². The molecule has 0 saturated heterocycles. The molecule has 1 amide bonds. The van der Waals surface area contributed by atoms with E-state index in [2.05, 4.69) is 0 Å². The Bertz CT molecular complexity index is 294. The second-order valence-electron chi connectivity index (χ2n) is 2.31. The Morgan fingerprint density at radius 1 is 1.33 bits per heavy atom. The third kappa shape index (κ3) is 2.16. The highest BCUT2D eigenvalue weighted by molar-refractivity contribution is 5.70. The van der Waals surface area contributed by atoms with Crippen LogP contribution in [-0.4, -0.2) is 10.8 Å². The number of carbonyl (C=O) groups is 1. The minimum absolute atomic E-state index is 0.131. The van der Waals surface area contributed by atoms with Crippen molar-refractivity contribution in [3.05, 3.63) is 46.0 Å². The fourth-order valence-electron chi connectivity index (χ4n) is 0.835. The highest BCUT2D eigenvalue weighted by atomic mass is 16.6. The van der Waals surface area contributed by atoms with Crippen molar-refractivity contribution in [3.63, 3.8) is 0 Å². The summed E-state index contributed by atoms with van der Waals surface area (Å²) in [7, 11) is 0. The molecule has 0 atom stereocenters. The normalized spacial score (nSPS) is 9.33. The van der Waals surface area contributed by atoms with Crippen LogP contribution in [0.1, 0.15) is 5.56 Å². The van der Waals surface area contributed by atoms with Crippen molar-refractivity contribution in [1.29, 1.82) is 0 Å². The van der Waals surface area contributed by atoms with E-state index in [-0.39, 0.29) is 6.42 Å². The summed E-state index contributed by atoms with van der Waals surface area (Å²) in [6, 6.07) is 8.63. The molecule has 0 heterocycles. The van der Waals surface area contributed by atoms with Gasteiger partial charge in [0.1, 0.15) is 11.3 Å². The predicted octanol–water partition coefficient (Wildman–Crippen LogP) is 1.03. The molecule has 62 valence electrons. The molecule has 0 bridgehead atoms. The quantitative estimate of drug-likeness (QED) is 0.485. The van der Waals surface area contributed by atoms with Crippen molar-refractivity contribution in [1.82, 2.24) is 0 Å².